The van der Waals surface area contributed by atoms with Gasteiger partial charge in [0.25, 0.3) is 0 Å². The predicted octanol–water partition coefficient (Wildman–Crippen LogP) is 2.26. The molecule has 0 amide bonds. The van der Waals surface area contributed by atoms with Crippen molar-refractivity contribution in [3.63, 3.8) is 0 Å². The van der Waals surface area contributed by atoms with Crippen LogP contribution in [0.25, 0.3) is 0 Å². The molecule has 13 heavy (non-hydrogen) atoms. The molecular formula is C9H14BrN3. The van der Waals surface area contributed by atoms with Crippen molar-refractivity contribution in [3.8, 4) is 0 Å². The first-order valence-electron chi connectivity index (χ1n) is 4.67. The van der Waals surface area contributed by atoms with Crippen LogP contribution in [0.1, 0.15) is 25.4 Å². The molecule has 1 aliphatic heterocycles. The third kappa shape index (κ3) is 1.94. The molecule has 1 unspecified atom stereocenters. The van der Waals surface area contributed by atoms with Crippen molar-refractivity contribution in [2.24, 2.45) is 0 Å². The van der Waals surface area contributed by atoms with Crippen LogP contribution in [0.2, 0.25) is 0 Å². The fourth-order valence-electron chi connectivity index (χ4n) is 1.87. The van der Waals surface area contributed by atoms with Crippen molar-refractivity contribution in [2.75, 3.05) is 13.6 Å². The lowest BCUT2D eigenvalue weighted by Crippen LogP contribution is -2.33. The highest BCUT2D eigenvalue weighted by Crippen LogP contribution is 2.24. The number of likely N-dealkylation sites (tertiary alicyclic amines) is 1. The molecule has 2 heterocycles. The van der Waals surface area contributed by atoms with E-state index in [-0.39, 0.29) is 0 Å². The van der Waals surface area contributed by atoms with Crippen LogP contribution in [0, 0.1) is 0 Å². The standard InChI is InChI=1S/C9H14BrN3/c1-12-5-3-2-4-9(12)13-7-8(10)6-11-13/h6-7,9H,2-5H2,1H3. The van der Waals surface area contributed by atoms with Crippen molar-refractivity contribution < 1.29 is 0 Å². The Morgan fingerprint density at radius 2 is 2.38 bits per heavy atom. The normalized spacial score (nSPS) is 24.9. The summed E-state index contributed by atoms with van der Waals surface area (Å²) in [5.41, 5.74) is 0. The first-order valence-corrected chi connectivity index (χ1v) is 5.46. The Morgan fingerprint density at radius 3 is 3.00 bits per heavy atom. The second-order valence-corrected chi connectivity index (χ2v) is 4.51. The average Bonchev–Trinajstić information content (AvgIpc) is 2.53. The summed E-state index contributed by atoms with van der Waals surface area (Å²) in [5.74, 6) is 0. The zero-order valence-electron chi connectivity index (χ0n) is 7.78. The fourth-order valence-corrected chi connectivity index (χ4v) is 2.17. The van der Waals surface area contributed by atoms with Gasteiger partial charge >= 0.3 is 0 Å². The van der Waals surface area contributed by atoms with E-state index in [0.29, 0.717) is 6.17 Å². The number of halogens is 1. The quantitative estimate of drug-likeness (QED) is 0.755. The zero-order valence-corrected chi connectivity index (χ0v) is 9.37. The van der Waals surface area contributed by atoms with Gasteiger partial charge < -0.3 is 0 Å². The third-order valence-corrected chi connectivity index (χ3v) is 3.02. The van der Waals surface area contributed by atoms with Gasteiger partial charge in [0.15, 0.2) is 0 Å². The molecule has 0 bridgehead atoms. The molecule has 0 N–H and O–H groups in total. The summed E-state index contributed by atoms with van der Waals surface area (Å²) >= 11 is 3.42. The molecule has 0 aromatic carbocycles. The number of nitrogens with zero attached hydrogens (tertiary/aromatic N) is 3. The molecule has 0 aliphatic carbocycles. The maximum atomic E-state index is 4.32. The summed E-state index contributed by atoms with van der Waals surface area (Å²) in [5, 5.41) is 4.32. The van der Waals surface area contributed by atoms with Gasteiger partial charge in [-0.05, 0) is 48.8 Å². The molecule has 0 saturated carbocycles. The van der Waals surface area contributed by atoms with Crippen molar-refractivity contribution in [1.82, 2.24) is 14.7 Å². The highest BCUT2D eigenvalue weighted by Gasteiger charge is 2.20. The molecule has 3 nitrogen and oxygen atoms in total. The van der Waals surface area contributed by atoms with Gasteiger partial charge in [0.1, 0.15) is 6.17 Å². The van der Waals surface area contributed by atoms with E-state index in [0.717, 1.165) is 4.47 Å². The Labute approximate surface area is 86.8 Å². The van der Waals surface area contributed by atoms with Gasteiger partial charge in [0, 0.05) is 6.20 Å². The number of hydrogen-bond donors (Lipinski definition) is 0. The first-order chi connectivity index (χ1) is 6.27. The van der Waals surface area contributed by atoms with Crippen molar-refractivity contribution in [2.45, 2.75) is 25.4 Å². The molecule has 0 spiro atoms. The smallest absolute Gasteiger partial charge is 0.104 e. The summed E-state index contributed by atoms with van der Waals surface area (Å²) in [6.07, 6.45) is 8.20. The highest BCUT2D eigenvalue weighted by atomic mass is 79.9. The van der Waals surface area contributed by atoms with Gasteiger partial charge in [-0.3, -0.25) is 9.58 Å². The Hall–Kier alpha value is -0.350. The van der Waals surface area contributed by atoms with E-state index in [1.165, 1.54) is 25.8 Å². The fraction of sp³-hybridized carbons (Fsp3) is 0.667. The van der Waals surface area contributed by atoms with Gasteiger partial charge in [-0.25, -0.2) is 0 Å². The number of hydrogen-bond acceptors (Lipinski definition) is 2. The topological polar surface area (TPSA) is 21.1 Å². The van der Waals surface area contributed by atoms with Gasteiger partial charge in [0.05, 0.1) is 10.7 Å². The van der Waals surface area contributed by atoms with Crippen LogP contribution in [0.5, 0.6) is 0 Å². The van der Waals surface area contributed by atoms with Gasteiger partial charge in [-0.1, -0.05) is 0 Å². The molecule has 1 aromatic rings. The van der Waals surface area contributed by atoms with E-state index < -0.39 is 0 Å². The van der Waals surface area contributed by atoms with Crippen LogP contribution in [-0.2, 0) is 0 Å². The SMILES string of the molecule is CN1CCCCC1n1cc(Br)cn1. The minimum absolute atomic E-state index is 0.458. The average molecular weight is 244 g/mol. The summed E-state index contributed by atoms with van der Waals surface area (Å²) in [6, 6.07) is 0. The van der Waals surface area contributed by atoms with Gasteiger partial charge in [-0.15, -0.1) is 0 Å². The maximum absolute atomic E-state index is 4.32. The third-order valence-electron chi connectivity index (χ3n) is 2.61. The van der Waals surface area contributed by atoms with Crippen molar-refractivity contribution in [3.05, 3.63) is 16.9 Å². The van der Waals surface area contributed by atoms with E-state index in [9.17, 15) is 0 Å². The van der Waals surface area contributed by atoms with Gasteiger partial charge in [0.2, 0.25) is 0 Å². The van der Waals surface area contributed by atoms with Crippen LogP contribution >= 0.6 is 15.9 Å². The Morgan fingerprint density at radius 1 is 1.54 bits per heavy atom. The lowest BCUT2D eigenvalue weighted by atomic mass is 10.1. The van der Waals surface area contributed by atoms with E-state index >= 15 is 0 Å². The second-order valence-electron chi connectivity index (χ2n) is 3.60. The Balaban J connectivity index is 2.14. The van der Waals surface area contributed by atoms with Crippen molar-refractivity contribution in [1.29, 1.82) is 0 Å². The van der Waals surface area contributed by atoms with E-state index in [1.807, 2.05) is 17.1 Å². The van der Waals surface area contributed by atoms with Crippen LogP contribution < -0.4 is 0 Å². The minimum atomic E-state index is 0.458. The molecule has 1 aromatic heterocycles. The first kappa shape index (κ1) is 9.21. The van der Waals surface area contributed by atoms with Crippen molar-refractivity contribution >= 4 is 15.9 Å². The molecule has 72 valence electrons. The molecule has 0 radical (unpaired) electrons. The number of aromatic nitrogens is 2. The van der Waals surface area contributed by atoms with E-state index in [4.69, 9.17) is 0 Å². The van der Waals surface area contributed by atoms with Crippen LogP contribution in [0.4, 0.5) is 0 Å². The number of piperidine rings is 1. The number of rotatable bonds is 1. The van der Waals surface area contributed by atoms with Crippen LogP contribution in [0.15, 0.2) is 16.9 Å². The monoisotopic (exact) mass is 243 g/mol. The minimum Gasteiger partial charge on any atom is -0.285 e. The molecule has 1 aliphatic rings. The Bertz CT molecular complexity index is 284. The largest absolute Gasteiger partial charge is 0.285 e. The van der Waals surface area contributed by atoms with Crippen LogP contribution in [-0.4, -0.2) is 28.3 Å². The molecule has 4 heteroatoms. The second kappa shape index (κ2) is 3.80. The lowest BCUT2D eigenvalue weighted by Gasteiger charge is -2.32. The summed E-state index contributed by atoms with van der Waals surface area (Å²) < 4.78 is 3.11. The maximum Gasteiger partial charge on any atom is 0.104 e. The molecule has 2 rings (SSSR count). The summed E-state index contributed by atoms with van der Waals surface area (Å²) in [4.78, 5) is 2.36. The lowest BCUT2D eigenvalue weighted by molar-refractivity contribution is 0.115. The summed E-state index contributed by atoms with van der Waals surface area (Å²) in [7, 11) is 2.17. The van der Waals surface area contributed by atoms with Gasteiger partial charge in [-0.2, -0.15) is 5.10 Å². The molecule has 1 saturated heterocycles. The van der Waals surface area contributed by atoms with Crippen LogP contribution in [0.3, 0.4) is 0 Å². The summed E-state index contributed by atoms with van der Waals surface area (Å²) in [6.45, 7) is 1.18. The molecule has 1 fully saturated rings. The highest BCUT2D eigenvalue weighted by molar-refractivity contribution is 9.10. The molecular weight excluding hydrogens is 230 g/mol. The van der Waals surface area contributed by atoms with E-state index in [1.54, 1.807) is 0 Å². The van der Waals surface area contributed by atoms with E-state index in [2.05, 4.69) is 33.0 Å². The predicted molar refractivity (Wildman–Crippen MR) is 55.4 cm³/mol. The Kier molecular flexibility index (Phi) is 2.69. The zero-order chi connectivity index (χ0) is 9.26. The molecule has 1 atom stereocenters.